The molecule has 0 aliphatic carbocycles. The van der Waals surface area contributed by atoms with E-state index in [1.54, 1.807) is 0 Å². The van der Waals surface area contributed by atoms with Crippen molar-refractivity contribution >= 4 is 12.1 Å². The number of unbranched alkanes of at least 4 members (excludes halogenated alkanes) is 1. The summed E-state index contributed by atoms with van der Waals surface area (Å²) in [4.78, 5) is 15.8. The van der Waals surface area contributed by atoms with Gasteiger partial charge in [0.25, 0.3) is 0 Å². The number of benzene rings is 1. The molecule has 2 rings (SSSR count). The summed E-state index contributed by atoms with van der Waals surface area (Å²) < 4.78 is 5.03. The van der Waals surface area contributed by atoms with E-state index in [0.717, 1.165) is 19.4 Å². The maximum atomic E-state index is 11.5. The molecule has 0 saturated heterocycles. The number of carbonyl (C=O) groups excluding carboxylic acids is 1. The lowest BCUT2D eigenvalue weighted by atomic mass is 9.98. The first-order valence-corrected chi connectivity index (χ1v) is 7.06. The van der Waals surface area contributed by atoms with E-state index in [4.69, 9.17) is 4.74 Å². The van der Waals surface area contributed by atoms with Crippen molar-refractivity contribution in [2.24, 2.45) is 4.99 Å². The molecule has 1 amide bonds. The van der Waals surface area contributed by atoms with Gasteiger partial charge in [-0.1, -0.05) is 43.7 Å². The van der Waals surface area contributed by atoms with Gasteiger partial charge in [0.05, 0.1) is 13.2 Å². The van der Waals surface area contributed by atoms with Crippen LogP contribution in [-0.4, -0.2) is 31.7 Å². The zero-order valence-corrected chi connectivity index (χ0v) is 11.8. The van der Waals surface area contributed by atoms with E-state index in [1.807, 2.05) is 18.2 Å². The maximum Gasteiger partial charge on any atom is 0.413 e. The number of hydrogen-bond donors (Lipinski definition) is 2. The van der Waals surface area contributed by atoms with E-state index in [0.29, 0.717) is 25.0 Å². The number of amides is 1. The molecule has 5 nitrogen and oxygen atoms in total. The second-order valence-corrected chi connectivity index (χ2v) is 4.79. The van der Waals surface area contributed by atoms with Crippen molar-refractivity contribution in [3.05, 3.63) is 35.9 Å². The van der Waals surface area contributed by atoms with E-state index in [-0.39, 0.29) is 0 Å². The first kappa shape index (κ1) is 14.4. The van der Waals surface area contributed by atoms with E-state index in [9.17, 15) is 4.79 Å². The summed E-state index contributed by atoms with van der Waals surface area (Å²) in [6, 6.07) is 10.2. The summed E-state index contributed by atoms with van der Waals surface area (Å²) >= 11 is 0. The van der Waals surface area contributed by atoms with Crippen molar-refractivity contribution in [3.63, 3.8) is 0 Å². The minimum absolute atomic E-state index is 0.345. The molecule has 1 heterocycles. The maximum absolute atomic E-state index is 11.5. The molecular weight excluding hydrogens is 254 g/mol. The van der Waals surface area contributed by atoms with Crippen LogP contribution in [-0.2, 0) is 4.74 Å². The van der Waals surface area contributed by atoms with Gasteiger partial charge in [0, 0.05) is 12.5 Å². The Morgan fingerprint density at radius 3 is 2.90 bits per heavy atom. The Labute approximate surface area is 119 Å². The average molecular weight is 275 g/mol. The van der Waals surface area contributed by atoms with Gasteiger partial charge in [0.15, 0.2) is 0 Å². The van der Waals surface area contributed by atoms with E-state index < -0.39 is 6.09 Å². The van der Waals surface area contributed by atoms with Gasteiger partial charge < -0.3 is 10.1 Å². The highest BCUT2D eigenvalue weighted by molar-refractivity contribution is 5.94. The standard InChI is InChI=1S/C15H21N3O2/c1-2-3-9-20-15(19)18-14-16-10-13(11-17-14)12-7-5-4-6-8-12/h4-8,13H,2-3,9-11H2,1H3,(H2,16,17,18,19). The predicted molar refractivity (Wildman–Crippen MR) is 78.9 cm³/mol. The van der Waals surface area contributed by atoms with E-state index >= 15 is 0 Å². The quantitative estimate of drug-likeness (QED) is 0.828. The highest BCUT2D eigenvalue weighted by Gasteiger charge is 2.18. The third kappa shape index (κ3) is 4.26. The normalized spacial score (nSPS) is 17.9. The second kappa shape index (κ2) is 7.53. The first-order chi connectivity index (χ1) is 9.79. The summed E-state index contributed by atoms with van der Waals surface area (Å²) in [7, 11) is 0. The number of nitrogens with one attached hydrogen (secondary N) is 2. The van der Waals surface area contributed by atoms with E-state index in [1.165, 1.54) is 5.56 Å². The Bertz CT molecular complexity index is 459. The molecule has 108 valence electrons. The largest absolute Gasteiger partial charge is 0.449 e. The molecule has 1 unspecified atom stereocenters. The third-order valence-corrected chi connectivity index (χ3v) is 3.21. The molecule has 0 radical (unpaired) electrons. The molecule has 1 aromatic rings. The van der Waals surface area contributed by atoms with Crippen molar-refractivity contribution in [2.75, 3.05) is 19.7 Å². The molecule has 1 aliphatic heterocycles. The van der Waals surface area contributed by atoms with Gasteiger partial charge in [-0.05, 0) is 12.0 Å². The van der Waals surface area contributed by atoms with Crippen LogP contribution >= 0.6 is 0 Å². The minimum Gasteiger partial charge on any atom is -0.449 e. The molecule has 0 bridgehead atoms. The molecule has 1 aliphatic rings. The number of ether oxygens (including phenoxy) is 1. The van der Waals surface area contributed by atoms with Crippen molar-refractivity contribution in [3.8, 4) is 0 Å². The molecule has 0 spiro atoms. The Balaban J connectivity index is 1.79. The lowest BCUT2D eigenvalue weighted by Crippen LogP contribution is -2.46. The molecule has 2 N–H and O–H groups in total. The predicted octanol–water partition coefficient (Wildman–Crippen LogP) is 2.26. The zero-order chi connectivity index (χ0) is 14.2. The topological polar surface area (TPSA) is 62.7 Å². The summed E-state index contributed by atoms with van der Waals surface area (Å²) in [5.41, 5.74) is 1.26. The fraction of sp³-hybridized carbons (Fsp3) is 0.467. The lowest BCUT2D eigenvalue weighted by Gasteiger charge is -2.23. The van der Waals surface area contributed by atoms with Crippen LogP contribution in [0.25, 0.3) is 0 Å². The van der Waals surface area contributed by atoms with Crippen molar-refractivity contribution in [1.29, 1.82) is 0 Å². The van der Waals surface area contributed by atoms with Crippen molar-refractivity contribution in [2.45, 2.75) is 25.7 Å². The van der Waals surface area contributed by atoms with Crippen LogP contribution in [0.5, 0.6) is 0 Å². The van der Waals surface area contributed by atoms with Gasteiger partial charge in [-0.15, -0.1) is 0 Å². The summed E-state index contributed by atoms with van der Waals surface area (Å²) in [5, 5.41) is 5.75. The second-order valence-electron chi connectivity index (χ2n) is 4.79. The van der Waals surface area contributed by atoms with Crippen LogP contribution in [0.3, 0.4) is 0 Å². The number of rotatable bonds is 4. The minimum atomic E-state index is -0.442. The summed E-state index contributed by atoms with van der Waals surface area (Å²) in [6.07, 6.45) is 1.44. The SMILES string of the molecule is CCCCOC(=O)NC1=NCC(c2ccccc2)CN1. The highest BCUT2D eigenvalue weighted by atomic mass is 16.5. The van der Waals surface area contributed by atoms with Crippen molar-refractivity contribution < 1.29 is 9.53 Å². The summed E-state index contributed by atoms with van der Waals surface area (Å²) in [5.74, 6) is 0.844. The molecule has 0 saturated carbocycles. The monoisotopic (exact) mass is 275 g/mol. The molecule has 20 heavy (non-hydrogen) atoms. The van der Waals surface area contributed by atoms with Gasteiger partial charge >= 0.3 is 6.09 Å². The average Bonchev–Trinajstić information content (AvgIpc) is 2.49. The Morgan fingerprint density at radius 1 is 1.45 bits per heavy atom. The van der Waals surface area contributed by atoms with Crippen LogP contribution in [0, 0.1) is 0 Å². The number of hydrogen-bond acceptors (Lipinski definition) is 4. The number of alkyl carbamates (subject to hydrolysis) is 1. The van der Waals surface area contributed by atoms with Gasteiger partial charge in [-0.2, -0.15) is 0 Å². The third-order valence-electron chi connectivity index (χ3n) is 3.21. The van der Waals surface area contributed by atoms with Crippen LogP contribution in [0.2, 0.25) is 0 Å². The molecule has 0 aromatic heterocycles. The van der Waals surface area contributed by atoms with Gasteiger partial charge in [-0.3, -0.25) is 10.3 Å². The Morgan fingerprint density at radius 2 is 2.25 bits per heavy atom. The molecular formula is C15H21N3O2. The lowest BCUT2D eigenvalue weighted by molar-refractivity contribution is 0.149. The van der Waals surface area contributed by atoms with Gasteiger partial charge in [-0.25, -0.2) is 4.79 Å². The Kier molecular flexibility index (Phi) is 5.41. The van der Waals surface area contributed by atoms with Crippen LogP contribution in [0.1, 0.15) is 31.2 Å². The van der Waals surface area contributed by atoms with Crippen LogP contribution < -0.4 is 10.6 Å². The highest BCUT2D eigenvalue weighted by Crippen LogP contribution is 2.16. The van der Waals surface area contributed by atoms with Crippen LogP contribution in [0.4, 0.5) is 4.79 Å². The summed E-state index contributed by atoms with van der Waals surface area (Å²) in [6.45, 7) is 3.93. The van der Waals surface area contributed by atoms with Crippen molar-refractivity contribution in [1.82, 2.24) is 10.6 Å². The molecule has 1 atom stereocenters. The first-order valence-electron chi connectivity index (χ1n) is 7.06. The number of guanidine groups is 1. The Hall–Kier alpha value is -2.04. The zero-order valence-electron chi connectivity index (χ0n) is 11.8. The number of nitrogens with zero attached hydrogens (tertiary/aromatic N) is 1. The van der Waals surface area contributed by atoms with Gasteiger partial charge in [0.2, 0.25) is 5.96 Å². The molecule has 1 aromatic carbocycles. The fourth-order valence-corrected chi connectivity index (χ4v) is 2.02. The van der Waals surface area contributed by atoms with Crippen LogP contribution in [0.15, 0.2) is 35.3 Å². The van der Waals surface area contributed by atoms with E-state index in [2.05, 4.69) is 34.7 Å². The number of aliphatic imine (C=N–C) groups is 1. The number of carbonyl (C=O) groups is 1. The smallest absolute Gasteiger partial charge is 0.413 e. The van der Waals surface area contributed by atoms with Gasteiger partial charge in [0.1, 0.15) is 0 Å². The fourth-order valence-electron chi connectivity index (χ4n) is 2.02. The molecule has 0 fully saturated rings. The molecule has 5 heteroatoms.